The Morgan fingerprint density at radius 2 is 2.10 bits per heavy atom. The summed E-state index contributed by atoms with van der Waals surface area (Å²) in [4.78, 5) is 16.3. The molecule has 1 aromatic heterocycles. The monoisotopic (exact) mass is 312 g/mol. The summed E-state index contributed by atoms with van der Waals surface area (Å²) >= 11 is 7.79. The van der Waals surface area contributed by atoms with Gasteiger partial charge in [0.2, 0.25) is 0 Å². The van der Waals surface area contributed by atoms with Crippen LogP contribution in [0.5, 0.6) is 0 Å². The van der Waals surface area contributed by atoms with Crippen molar-refractivity contribution in [3.05, 3.63) is 28.5 Å². The third-order valence-corrected chi connectivity index (χ3v) is 5.57. The Morgan fingerprint density at radius 1 is 1.40 bits per heavy atom. The number of hydrogen-bond donors (Lipinski definition) is 1. The van der Waals surface area contributed by atoms with E-state index in [4.69, 9.17) is 11.6 Å². The molecule has 1 aliphatic carbocycles. The van der Waals surface area contributed by atoms with E-state index < -0.39 is 0 Å². The standard InChI is InChI=1S/C15H21ClN2OS/c1-11-8-12(9-13(16)18-11)14(19)17-10-15(20-2)6-4-3-5-7-15/h8-9H,3-7,10H2,1-2H3,(H,17,19). The fourth-order valence-electron chi connectivity index (χ4n) is 2.75. The first-order valence-corrected chi connectivity index (χ1v) is 8.62. The molecule has 0 bridgehead atoms. The van der Waals surface area contributed by atoms with Gasteiger partial charge in [0.25, 0.3) is 5.91 Å². The van der Waals surface area contributed by atoms with Crippen molar-refractivity contribution in [1.82, 2.24) is 10.3 Å². The van der Waals surface area contributed by atoms with E-state index in [9.17, 15) is 4.79 Å². The molecule has 1 fully saturated rings. The summed E-state index contributed by atoms with van der Waals surface area (Å²) in [6.07, 6.45) is 8.35. The van der Waals surface area contributed by atoms with Crippen molar-refractivity contribution in [3.63, 3.8) is 0 Å². The molecular weight excluding hydrogens is 292 g/mol. The highest BCUT2D eigenvalue weighted by Gasteiger charge is 2.31. The Bertz CT molecular complexity index is 467. The van der Waals surface area contributed by atoms with E-state index in [1.807, 2.05) is 18.7 Å². The summed E-state index contributed by atoms with van der Waals surface area (Å²) in [5, 5.41) is 3.44. The Kier molecular flexibility index (Phi) is 5.33. The maximum absolute atomic E-state index is 12.2. The minimum Gasteiger partial charge on any atom is -0.351 e. The SMILES string of the molecule is CSC1(CNC(=O)c2cc(C)nc(Cl)c2)CCCCC1. The fourth-order valence-corrected chi connectivity index (χ4v) is 3.92. The lowest BCUT2D eigenvalue weighted by atomic mass is 9.88. The van der Waals surface area contributed by atoms with Crippen molar-refractivity contribution in [2.45, 2.75) is 43.8 Å². The van der Waals surface area contributed by atoms with Crippen LogP contribution in [0, 0.1) is 6.92 Å². The molecule has 110 valence electrons. The van der Waals surface area contributed by atoms with E-state index in [0.29, 0.717) is 10.7 Å². The average molecular weight is 313 g/mol. The minimum absolute atomic E-state index is 0.0589. The lowest BCUT2D eigenvalue weighted by molar-refractivity contribution is 0.0946. The van der Waals surface area contributed by atoms with Crippen molar-refractivity contribution in [3.8, 4) is 0 Å². The molecule has 5 heteroatoms. The van der Waals surface area contributed by atoms with Crippen LogP contribution in [0.2, 0.25) is 5.15 Å². The first-order chi connectivity index (χ1) is 9.54. The molecule has 3 nitrogen and oxygen atoms in total. The highest BCUT2D eigenvalue weighted by atomic mass is 35.5. The Morgan fingerprint density at radius 3 is 2.70 bits per heavy atom. The lowest BCUT2D eigenvalue weighted by Gasteiger charge is -2.35. The Balaban J connectivity index is 2.00. The smallest absolute Gasteiger partial charge is 0.251 e. The van der Waals surface area contributed by atoms with Crippen LogP contribution in [0.4, 0.5) is 0 Å². The van der Waals surface area contributed by atoms with Crippen molar-refractivity contribution < 1.29 is 4.79 Å². The van der Waals surface area contributed by atoms with Gasteiger partial charge in [-0.3, -0.25) is 4.79 Å². The van der Waals surface area contributed by atoms with Gasteiger partial charge in [0.05, 0.1) is 0 Å². The molecule has 0 aliphatic heterocycles. The van der Waals surface area contributed by atoms with Gasteiger partial charge in [-0.15, -0.1) is 0 Å². The maximum Gasteiger partial charge on any atom is 0.251 e. The highest BCUT2D eigenvalue weighted by Crippen LogP contribution is 2.37. The van der Waals surface area contributed by atoms with Crippen LogP contribution < -0.4 is 5.32 Å². The number of nitrogens with zero attached hydrogens (tertiary/aromatic N) is 1. The van der Waals surface area contributed by atoms with Crippen molar-refractivity contribution >= 4 is 29.3 Å². The molecule has 1 saturated carbocycles. The number of hydrogen-bond acceptors (Lipinski definition) is 3. The summed E-state index contributed by atoms with van der Waals surface area (Å²) in [7, 11) is 0. The van der Waals surface area contributed by atoms with Crippen molar-refractivity contribution in [1.29, 1.82) is 0 Å². The van der Waals surface area contributed by atoms with Crippen LogP contribution in [0.1, 0.15) is 48.2 Å². The van der Waals surface area contributed by atoms with E-state index in [0.717, 1.165) is 12.2 Å². The molecule has 1 aromatic rings. The van der Waals surface area contributed by atoms with Crippen LogP contribution in [0.3, 0.4) is 0 Å². The van der Waals surface area contributed by atoms with Crippen molar-refractivity contribution in [2.24, 2.45) is 0 Å². The Labute approximate surface area is 129 Å². The topological polar surface area (TPSA) is 42.0 Å². The van der Waals surface area contributed by atoms with E-state index >= 15 is 0 Å². The number of thioether (sulfide) groups is 1. The molecule has 20 heavy (non-hydrogen) atoms. The quantitative estimate of drug-likeness (QED) is 0.859. The minimum atomic E-state index is -0.0589. The number of rotatable bonds is 4. The second-order valence-corrected chi connectivity index (χ2v) is 7.11. The van der Waals surface area contributed by atoms with Gasteiger partial charge in [-0.2, -0.15) is 11.8 Å². The van der Waals surface area contributed by atoms with Gasteiger partial charge in [-0.05, 0) is 38.2 Å². The van der Waals surface area contributed by atoms with Crippen LogP contribution in [-0.2, 0) is 0 Å². The second kappa shape index (κ2) is 6.81. The number of carbonyl (C=O) groups excluding carboxylic acids is 1. The molecule has 1 aliphatic rings. The summed E-state index contributed by atoms with van der Waals surface area (Å²) < 4.78 is 0.208. The molecule has 0 saturated heterocycles. The molecule has 0 radical (unpaired) electrons. The number of halogens is 1. The zero-order chi connectivity index (χ0) is 14.6. The van der Waals surface area contributed by atoms with Gasteiger partial charge >= 0.3 is 0 Å². The number of aromatic nitrogens is 1. The van der Waals surface area contributed by atoms with E-state index in [1.54, 1.807) is 12.1 Å². The number of pyridine rings is 1. The van der Waals surface area contributed by atoms with Crippen LogP contribution >= 0.6 is 23.4 Å². The van der Waals surface area contributed by atoms with E-state index in [-0.39, 0.29) is 10.7 Å². The third kappa shape index (κ3) is 3.89. The zero-order valence-electron chi connectivity index (χ0n) is 12.0. The van der Waals surface area contributed by atoms with Crippen LogP contribution in [0.25, 0.3) is 0 Å². The molecule has 0 atom stereocenters. The van der Waals surface area contributed by atoms with Gasteiger partial charge in [0.1, 0.15) is 5.15 Å². The first-order valence-electron chi connectivity index (χ1n) is 7.02. The largest absolute Gasteiger partial charge is 0.351 e. The predicted octanol–water partition coefficient (Wildman–Crippen LogP) is 3.84. The average Bonchev–Trinajstić information content (AvgIpc) is 2.45. The first kappa shape index (κ1) is 15.6. The number of nitrogens with one attached hydrogen (secondary N) is 1. The summed E-state index contributed by atoms with van der Waals surface area (Å²) in [5.74, 6) is -0.0589. The van der Waals surface area contributed by atoms with Gasteiger partial charge in [-0.25, -0.2) is 4.98 Å². The molecule has 0 spiro atoms. The summed E-state index contributed by atoms with van der Waals surface area (Å²) in [6.45, 7) is 2.57. The predicted molar refractivity (Wildman–Crippen MR) is 85.6 cm³/mol. The van der Waals surface area contributed by atoms with Gasteiger partial charge in [0, 0.05) is 22.5 Å². The summed E-state index contributed by atoms with van der Waals surface area (Å²) in [6, 6.07) is 3.39. The number of carbonyl (C=O) groups is 1. The fraction of sp³-hybridized carbons (Fsp3) is 0.600. The summed E-state index contributed by atoms with van der Waals surface area (Å²) in [5.41, 5.74) is 1.36. The van der Waals surface area contributed by atoms with Crippen LogP contribution in [0.15, 0.2) is 12.1 Å². The van der Waals surface area contributed by atoms with E-state index in [2.05, 4.69) is 16.6 Å². The molecular formula is C15H21ClN2OS. The molecule has 2 rings (SSSR count). The van der Waals surface area contributed by atoms with Crippen molar-refractivity contribution in [2.75, 3.05) is 12.8 Å². The number of amides is 1. The molecule has 1 amide bonds. The molecule has 1 N–H and O–H groups in total. The zero-order valence-corrected chi connectivity index (χ0v) is 13.6. The maximum atomic E-state index is 12.2. The number of aryl methyl sites for hydroxylation is 1. The van der Waals surface area contributed by atoms with Gasteiger partial charge in [-0.1, -0.05) is 30.9 Å². The third-order valence-electron chi connectivity index (χ3n) is 3.95. The molecule has 0 unspecified atom stereocenters. The Hall–Kier alpha value is -0.740. The molecule has 0 aromatic carbocycles. The second-order valence-electron chi connectivity index (χ2n) is 5.45. The normalized spacial score (nSPS) is 17.8. The molecule has 1 heterocycles. The van der Waals surface area contributed by atoms with E-state index in [1.165, 1.54) is 32.1 Å². The highest BCUT2D eigenvalue weighted by molar-refractivity contribution is 8.00. The van der Waals surface area contributed by atoms with Gasteiger partial charge in [0.15, 0.2) is 0 Å². The van der Waals surface area contributed by atoms with Crippen LogP contribution in [-0.4, -0.2) is 28.4 Å². The lowest BCUT2D eigenvalue weighted by Crippen LogP contribution is -2.41. The van der Waals surface area contributed by atoms with Gasteiger partial charge < -0.3 is 5.32 Å².